The molecule has 1 atom stereocenters. The Hall–Kier alpha value is -2.08. The number of ether oxygens (including phenoxy) is 2. The zero-order chi connectivity index (χ0) is 20.1. The molecule has 1 heterocycles. The van der Waals surface area contributed by atoms with Crippen LogP contribution in [0.5, 0.6) is 5.75 Å². The lowest BCUT2D eigenvalue weighted by atomic mass is 9.88. The summed E-state index contributed by atoms with van der Waals surface area (Å²) in [6.07, 6.45) is 4.08. The molecule has 30 heavy (non-hydrogen) atoms. The van der Waals surface area contributed by atoms with Gasteiger partial charge in [0.25, 0.3) is 5.91 Å². The number of amides is 1. The van der Waals surface area contributed by atoms with E-state index in [1.165, 1.54) is 12.0 Å². The Balaban J connectivity index is 0.00000256. The van der Waals surface area contributed by atoms with Crippen LogP contribution in [-0.4, -0.2) is 38.3 Å². The van der Waals surface area contributed by atoms with Crippen molar-refractivity contribution in [2.24, 2.45) is 5.92 Å². The zero-order valence-corrected chi connectivity index (χ0v) is 18.3. The third kappa shape index (κ3) is 5.75. The fourth-order valence-corrected chi connectivity index (χ4v) is 4.16. The Labute approximate surface area is 184 Å². The Morgan fingerprint density at radius 3 is 2.67 bits per heavy atom. The molecule has 1 unspecified atom stereocenters. The van der Waals surface area contributed by atoms with Gasteiger partial charge in [-0.2, -0.15) is 0 Å². The van der Waals surface area contributed by atoms with E-state index in [9.17, 15) is 4.79 Å². The molecule has 1 aliphatic carbocycles. The summed E-state index contributed by atoms with van der Waals surface area (Å²) in [5.74, 6) is 1.47. The lowest BCUT2D eigenvalue weighted by molar-refractivity contribution is -0.0251. The number of nitrogens with one attached hydrogen (secondary N) is 2. The summed E-state index contributed by atoms with van der Waals surface area (Å²) in [7, 11) is 1.69. The van der Waals surface area contributed by atoms with Gasteiger partial charge < -0.3 is 20.1 Å². The summed E-state index contributed by atoms with van der Waals surface area (Å²) in [5.41, 5.74) is 3.01. The summed E-state index contributed by atoms with van der Waals surface area (Å²) in [5, 5.41) is 6.55. The third-order valence-corrected chi connectivity index (χ3v) is 5.97. The van der Waals surface area contributed by atoms with Gasteiger partial charge in [0.1, 0.15) is 5.75 Å². The van der Waals surface area contributed by atoms with Gasteiger partial charge in [0.05, 0.1) is 19.8 Å². The highest BCUT2D eigenvalue weighted by atomic mass is 35.5. The van der Waals surface area contributed by atoms with Crippen LogP contribution in [0.15, 0.2) is 48.5 Å². The first-order valence-corrected chi connectivity index (χ1v) is 10.6. The van der Waals surface area contributed by atoms with E-state index < -0.39 is 0 Å². The van der Waals surface area contributed by atoms with Crippen LogP contribution in [0.25, 0.3) is 0 Å². The fraction of sp³-hybridized carbons (Fsp3) is 0.458. The van der Waals surface area contributed by atoms with E-state index >= 15 is 0 Å². The van der Waals surface area contributed by atoms with Crippen molar-refractivity contribution in [1.29, 1.82) is 0 Å². The second-order valence-corrected chi connectivity index (χ2v) is 8.15. The second kappa shape index (κ2) is 10.8. The molecule has 1 saturated heterocycles. The van der Waals surface area contributed by atoms with Crippen LogP contribution < -0.4 is 15.4 Å². The van der Waals surface area contributed by atoms with E-state index in [4.69, 9.17) is 9.47 Å². The molecule has 0 radical (unpaired) electrons. The first kappa shape index (κ1) is 22.6. The molecule has 2 N–H and O–H groups in total. The Bertz CT molecular complexity index is 818. The average molecular weight is 431 g/mol. The van der Waals surface area contributed by atoms with E-state index in [0.29, 0.717) is 18.1 Å². The Morgan fingerprint density at radius 2 is 1.97 bits per heavy atom. The van der Waals surface area contributed by atoms with Gasteiger partial charge in [0.2, 0.25) is 0 Å². The summed E-state index contributed by atoms with van der Waals surface area (Å²) in [4.78, 5) is 12.7. The van der Waals surface area contributed by atoms with Crippen molar-refractivity contribution < 1.29 is 14.3 Å². The van der Waals surface area contributed by atoms with Crippen molar-refractivity contribution in [1.82, 2.24) is 10.6 Å². The maximum absolute atomic E-state index is 12.7. The number of carbonyl (C=O) groups excluding carboxylic acids is 1. The van der Waals surface area contributed by atoms with Gasteiger partial charge in [-0.25, -0.2) is 0 Å². The summed E-state index contributed by atoms with van der Waals surface area (Å²) < 4.78 is 11.4. The van der Waals surface area contributed by atoms with Crippen molar-refractivity contribution in [3.63, 3.8) is 0 Å². The quantitative estimate of drug-likeness (QED) is 0.669. The van der Waals surface area contributed by atoms with Gasteiger partial charge in [-0.15, -0.1) is 12.4 Å². The fourth-order valence-electron chi connectivity index (χ4n) is 4.16. The first-order valence-electron chi connectivity index (χ1n) is 10.6. The number of hydrogen-bond acceptors (Lipinski definition) is 4. The predicted octanol–water partition coefficient (Wildman–Crippen LogP) is 3.75. The highest BCUT2D eigenvalue weighted by Gasteiger charge is 2.31. The number of benzene rings is 2. The first-order chi connectivity index (χ1) is 14.2. The number of hydrogen-bond donors (Lipinski definition) is 2. The molecule has 5 nitrogen and oxygen atoms in total. The highest BCUT2D eigenvalue weighted by Crippen LogP contribution is 2.27. The van der Waals surface area contributed by atoms with Crippen LogP contribution in [-0.2, 0) is 17.8 Å². The van der Waals surface area contributed by atoms with Gasteiger partial charge in [-0.1, -0.05) is 30.3 Å². The maximum atomic E-state index is 12.7. The van der Waals surface area contributed by atoms with Crippen molar-refractivity contribution >= 4 is 18.3 Å². The largest absolute Gasteiger partial charge is 0.496 e. The van der Waals surface area contributed by atoms with Crippen LogP contribution in [0.1, 0.15) is 40.7 Å². The smallest absolute Gasteiger partial charge is 0.251 e. The van der Waals surface area contributed by atoms with E-state index in [-0.39, 0.29) is 30.5 Å². The molecule has 1 amide bonds. The standard InChI is InChI=1S/C24H30N2O3.ClH/c1-28-23-8-7-19(12-20(23)11-18-9-10-25-15-18)24(27)26-21-13-22(14-21)29-16-17-5-3-2-4-6-17;/h2-8,12,18,21-22,25H,9-11,13-16H2,1H3,(H,26,27);1H. The molecular weight excluding hydrogens is 400 g/mol. The SMILES string of the molecule is COc1ccc(C(=O)NC2CC(OCc3ccccc3)C2)cc1CC1CCNC1.Cl. The summed E-state index contributed by atoms with van der Waals surface area (Å²) in [6, 6.07) is 16.1. The van der Waals surface area contributed by atoms with E-state index in [0.717, 1.165) is 43.7 Å². The van der Waals surface area contributed by atoms with Crippen molar-refractivity contribution in [2.75, 3.05) is 20.2 Å². The molecule has 0 bridgehead atoms. The number of methoxy groups -OCH3 is 1. The average Bonchev–Trinajstić information content (AvgIpc) is 3.23. The van der Waals surface area contributed by atoms with E-state index in [1.807, 2.05) is 36.4 Å². The lowest BCUT2D eigenvalue weighted by Crippen LogP contribution is -2.47. The number of halogens is 1. The molecule has 2 aromatic rings. The van der Waals surface area contributed by atoms with E-state index in [1.54, 1.807) is 7.11 Å². The van der Waals surface area contributed by atoms with Crippen molar-refractivity contribution in [3.8, 4) is 5.75 Å². The van der Waals surface area contributed by atoms with Crippen LogP contribution in [0.2, 0.25) is 0 Å². The molecule has 2 aliphatic rings. The predicted molar refractivity (Wildman–Crippen MR) is 120 cm³/mol. The lowest BCUT2D eigenvalue weighted by Gasteiger charge is -2.35. The van der Waals surface area contributed by atoms with Crippen LogP contribution in [0.4, 0.5) is 0 Å². The van der Waals surface area contributed by atoms with Gasteiger partial charge >= 0.3 is 0 Å². The van der Waals surface area contributed by atoms with Crippen LogP contribution >= 0.6 is 12.4 Å². The highest BCUT2D eigenvalue weighted by molar-refractivity contribution is 5.94. The molecule has 6 heteroatoms. The minimum Gasteiger partial charge on any atom is -0.496 e. The van der Waals surface area contributed by atoms with Gasteiger partial charge in [-0.05, 0) is 74.0 Å². The molecule has 2 aromatic carbocycles. The van der Waals surface area contributed by atoms with Gasteiger partial charge in [0, 0.05) is 11.6 Å². The molecule has 0 spiro atoms. The maximum Gasteiger partial charge on any atom is 0.251 e. The van der Waals surface area contributed by atoms with E-state index in [2.05, 4.69) is 22.8 Å². The normalized spacial score (nSPS) is 22.6. The second-order valence-electron chi connectivity index (χ2n) is 8.15. The minimum atomic E-state index is -0.00930. The van der Waals surface area contributed by atoms with Crippen LogP contribution in [0.3, 0.4) is 0 Å². The van der Waals surface area contributed by atoms with Gasteiger partial charge in [0.15, 0.2) is 0 Å². The number of carbonyl (C=O) groups is 1. The Morgan fingerprint density at radius 1 is 1.17 bits per heavy atom. The third-order valence-electron chi connectivity index (χ3n) is 5.97. The van der Waals surface area contributed by atoms with Crippen molar-refractivity contribution in [3.05, 3.63) is 65.2 Å². The molecule has 1 saturated carbocycles. The molecule has 1 aliphatic heterocycles. The monoisotopic (exact) mass is 430 g/mol. The Kier molecular flexibility index (Phi) is 8.14. The van der Waals surface area contributed by atoms with Crippen LogP contribution in [0, 0.1) is 5.92 Å². The molecular formula is C24H31ClN2O3. The summed E-state index contributed by atoms with van der Waals surface area (Å²) in [6.45, 7) is 2.73. The zero-order valence-electron chi connectivity index (χ0n) is 17.4. The molecule has 2 fully saturated rings. The topological polar surface area (TPSA) is 59.6 Å². The summed E-state index contributed by atoms with van der Waals surface area (Å²) >= 11 is 0. The molecule has 0 aromatic heterocycles. The minimum absolute atomic E-state index is 0. The molecule has 162 valence electrons. The van der Waals surface area contributed by atoms with Crippen molar-refractivity contribution in [2.45, 2.75) is 44.4 Å². The number of rotatable bonds is 8. The van der Waals surface area contributed by atoms with Gasteiger partial charge in [-0.3, -0.25) is 4.79 Å². The molecule has 4 rings (SSSR count).